The van der Waals surface area contributed by atoms with Crippen molar-refractivity contribution in [1.82, 2.24) is 4.90 Å². The third kappa shape index (κ3) is 4.11. The van der Waals surface area contributed by atoms with E-state index in [0.29, 0.717) is 24.1 Å². The highest BCUT2D eigenvalue weighted by Gasteiger charge is 2.25. The minimum Gasteiger partial charge on any atom is -0.497 e. The average Bonchev–Trinajstić information content (AvgIpc) is 2.45. The second kappa shape index (κ2) is 7.14. The van der Waals surface area contributed by atoms with Crippen LogP contribution in [-0.4, -0.2) is 43.9 Å². The Morgan fingerprint density at radius 1 is 1.19 bits per heavy atom. The number of methoxy groups -OCH3 is 2. The largest absolute Gasteiger partial charge is 0.497 e. The van der Waals surface area contributed by atoms with Crippen molar-refractivity contribution in [2.24, 2.45) is 11.8 Å². The summed E-state index contributed by atoms with van der Waals surface area (Å²) in [6.07, 6.45) is 0.738. The van der Waals surface area contributed by atoms with Gasteiger partial charge in [-0.25, -0.2) is 0 Å². The molecule has 1 aliphatic rings. The van der Waals surface area contributed by atoms with Crippen LogP contribution in [0.3, 0.4) is 0 Å². The van der Waals surface area contributed by atoms with Crippen molar-refractivity contribution in [2.75, 3.05) is 33.9 Å². The summed E-state index contributed by atoms with van der Waals surface area (Å²) >= 11 is 0. The first kappa shape index (κ1) is 16.1. The lowest BCUT2D eigenvalue weighted by Crippen LogP contribution is -2.40. The number of β-amino-alcohol motifs (C(OH)–C–C–N with tert-alkyl or cyclic N) is 1. The van der Waals surface area contributed by atoms with Crippen LogP contribution in [0.25, 0.3) is 0 Å². The summed E-state index contributed by atoms with van der Waals surface area (Å²) in [7, 11) is 3.25. The average molecular weight is 293 g/mol. The van der Waals surface area contributed by atoms with Gasteiger partial charge in [0, 0.05) is 31.3 Å². The van der Waals surface area contributed by atoms with Gasteiger partial charge < -0.3 is 14.6 Å². The van der Waals surface area contributed by atoms with Gasteiger partial charge in [0.05, 0.1) is 20.3 Å². The van der Waals surface area contributed by atoms with Gasteiger partial charge in [-0.15, -0.1) is 0 Å². The molecule has 118 valence electrons. The number of nitrogens with zero attached hydrogens (tertiary/aromatic N) is 1. The molecule has 4 nitrogen and oxygen atoms in total. The summed E-state index contributed by atoms with van der Waals surface area (Å²) in [5.41, 5.74) is 0.823. The van der Waals surface area contributed by atoms with E-state index in [1.54, 1.807) is 14.2 Å². The second-order valence-electron chi connectivity index (χ2n) is 6.29. The second-order valence-corrected chi connectivity index (χ2v) is 6.29. The molecule has 0 saturated carbocycles. The molecule has 4 heteroatoms. The van der Waals surface area contributed by atoms with Crippen molar-refractivity contribution in [3.8, 4) is 11.5 Å². The molecule has 1 fully saturated rings. The molecule has 1 aromatic rings. The number of likely N-dealkylation sites (tertiary alicyclic amines) is 1. The van der Waals surface area contributed by atoms with Crippen LogP contribution < -0.4 is 9.47 Å². The Balaban J connectivity index is 2.07. The van der Waals surface area contributed by atoms with Crippen LogP contribution in [0.1, 0.15) is 31.9 Å². The zero-order valence-electron chi connectivity index (χ0n) is 13.5. The molecule has 21 heavy (non-hydrogen) atoms. The molecule has 0 spiro atoms. The van der Waals surface area contributed by atoms with Crippen LogP contribution in [0.5, 0.6) is 11.5 Å². The molecule has 0 bridgehead atoms. The standard InChI is InChI=1S/C17H27NO3/c1-12-7-13(2)10-18(9-12)11-16(19)15-6-5-14(20-3)8-17(15)21-4/h5-6,8,12-13,16,19H,7,9-11H2,1-4H3. The zero-order valence-corrected chi connectivity index (χ0v) is 13.5. The molecular weight excluding hydrogens is 266 g/mol. The molecule has 1 heterocycles. The van der Waals surface area contributed by atoms with Crippen LogP contribution in [0.4, 0.5) is 0 Å². The van der Waals surface area contributed by atoms with E-state index < -0.39 is 6.10 Å². The van der Waals surface area contributed by atoms with E-state index >= 15 is 0 Å². The molecule has 3 unspecified atom stereocenters. The number of hydrogen-bond donors (Lipinski definition) is 1. The van der Waals surface area contributed by atoms with Crippen molar-refractivity contribution in [3.05, 3.63) is 23.8 Å². The SMILES string of the molecule is COc1ccc(C(O)CN2CC(C)CC(C)C2)c(OC)c1. The number of rotatable bonds is 5. The monoisotopic (exact) mass is 293 g/mol. The molecule has 1 saturated heterocycles. The molecule has 0 aromatic heterocycles. The Hall–Kier alpha value is -1.26. The Morgan fingerprint density at radius 3 is 2.43 bits per heavy atom. The van der Waals surface area contributed by atoms with Crippen LogP contribution >= 0.6 is 0 Å². The quantitative estimate of drug-likeness (QED) is 0.906. The van der Waals surface area contributed by atoms with E-state index in [2.05, 4.69) is 18.7 Å². The number of hydrogen-bond acceptors (Lipinski definition) is 4. The normalized spacial score (nSPS) is 24.6. The molecule has 2 rings (SSSR count). The topological polar surface area (TPSA) is 41.9 Å². The van der Waals surface area contributed by atoms with Crippen molar-refractivity contribution in [3.63, 3.8) is 0 Å². The first-order valence-electron chi connectivity index (χ1n) is 7.65. The van der Waals surface area contributed by atoms with Crippen LogP contribution in [0.15, 0.2) is 18.2 Å². The zero-order chi connectivity index (χ0) is 15.4. The third-order valence-corrected chi connectivity index (χ3v) is 4.18. The van der Waals surface area contributed by atoms with Gasteiger partial charge >= 0.3 is 0 Å². The van der Waals surface area contributed by atoms with Crippen molar-refractivity contribution >= 4 is 0 Å². The highest BCUT2D eigenvalue weighted by atomic mass is 16.5. The van der Waals surface area contributed by atoms with Gasteiger partial charge in [-0.05, 0) is 30.4 Å². The van der Waals surface area contributed by atoms with Gasteiger partial charge in [0.15, 0.2) is 0 Å². The fraction of sp³-hybridized carbons (Fsp3) is 0.647. The maximum atomic E-state index is 10.6. The number of aliphatic hydroxyl groups excluding tert-OH is 1. The van der Waals surface area contributed by atoms with Gasteiger partial charge in [-0.3, -0.25) is 4.90 Å². The third-order valence-electron chi connectivity index (χ3n) is 4.18. The van der Waals surface area contributed by atoms with Crippen LogP contribution in [0, 0.1) is 11.8 Å². The Kier molecular flexibility index (Phi) is 5.48. The predicted molar refractivity (Wildman–Crippen MR) is 83.9 cm³/mol. The van der Waals surface area contributed by atoms with E-state index in [1.165, 1.54) is 6.42 Å². The van der Waals surface area contributed by atoms with Crippen molar-refractivity contribution < 1.29 is 14.6 Å². The Labute approximate surface area is 127 Å². The fourth-order valence-corrected chi connectivity index (χ4v) is 3.38. The molecule has 1 aromatic carbocycles. The summed E-state index contributed by atoms with van der Waals surface area (Å²) in [6, 6.07) is 5.57. The first-order valence-corrected chi connectivity index (χ1v) is 7.65. The summed E-state index contributed by atoms with van der Waals surface area (Å²) in [5.74, 6) is 2.81. The lowest BCUT2D eigenvalue weighted by atomic mass is 9.91. The maximum Gasteiger partial charge on any atom is 0.128 e. The van der Waals surface area contributed by atoms with E-state index in [1.807, 2.05) is 18.2 Å². The number of aliphatic hydroxyl groups is 1. The van der Waals surface area contributed by atoms with E-state index in [9.17, 15) is 5.11 Å². The van der Waals surface area contributed by atoms with Gasteiger partial charge in [0.25, 0.3) is 0 Å². The lowest BCUT2D eigenvalue weighted by molar-refractivity contribution is 0.0686. The number of benzene rings is 1. The van der Waals surface area contributed by atoms with Crippen LogP contribution in [0.2, 0.25) is 0 Å². The predicted octanol–water partition coefficient (Wildman–Crippen LogP) is 2.72. The summed E-state index contributed by atoms with van der Waals surface area (Å²) in [5, 5.41) is 10.6. The highest BCUT2D eigenvalue weighted by Crippen LogP contribution is 2.31. The molecule has 0 aliphatic carbocycles. The molecular formula is C17H27NO3. The minimum atomic E-state index is -0.539. The maximum absolute atomic E-state index is 10.6. The van der Waals surface area contributed by atoms with E-state index in [4.69, 9.17) is 9.47 Å². The number of ether oxygens (including phenoxy) is 2. The summed E-state index contributed by atoms with van der Waals surface area (Å²) in [6.45, 7) is 7.32. The Morgan fingerprint density at radius 2 is 1.86 bits per heavy atom. The van der Waals surface area contributed by atoms with Crippen molar-refractivity contribution in [2.45, 2.75) is 26.4 Å². The molecule has 1 aliphatic heterocycles. The van der Waals surface area contributed by atoms with Crippen LogP contribution in [-0.2, 0) is 0 Å². The Bertz CT molecular complexity index is 453. The van der Waals surface area contributed by atoms with E-state index in [0.717, 1.165) is 24.4 Å². The number of piperidine rings is 1. The smallest absolute Gasteiger partial charge is 0.128 e. The molecule has 3 atom stereocenters. The summed E-state index contributed by atoms with van der Waals surface area (Å²) < 4.78 is 10.6. The minimum absolute atomic E-state index is 0.539. The van der Waals surface area contributed by atoms with E-state index in [-0.39, 0.29) is 0 Å². The summed E-state index contributed by atoms with van der Waals surface area (Å²) in [4.78, 5) is 2.35. The fourth-order valence-electron chi connectivity index (χ4n) is 3.38. The molecule has 0 amide bonds. The first-order chi connectivity index (χ1) is 10.0. The van der Waals surface area contributed by atoms with Gasteiger partial charge in [0.2, 0.25) is 0 Å². The van der Waals surface area contributed by atoms with Crippen molar-refractivity contribution in [1.29, 1.82) is 0 Å². The molecule has 1 N–H and O–H groups in total. The van der Waals surface area contributed by atoms with Gasteiger partial charge in [0.1, 0.15) is 11.5 Å². The van der Waals surface area contributed by atoms with Gasteiger partial charge in [-0.2, -0.15) is 0 Å². The highest BCUT2D eigenvalue weighted by molar-refractivity contribution is 5.42. The molecule has 0 radical (unpaired) electrons. The lowest BCUT2D eigenvalue weighted by Gasteiger charge is -2.36. The van der Waals surface area contributed by atoms with Gasteiger partial charge in [-0.1, -0.05) is 13.8 Å².